The Bertz CT molecular complexity index is 887. The molecule has 25 heavy (non-hydrogen) atoms. The van der Waals surface area contributed by atoms with Gasteiger partial charge in [0.15, 0.2) is 11.6 Å². The Morgan fingerprint density at radius 1 is 1.28 bits per heavy atom. The highest BCUT2D eigenvalue weighted by molar-refractivity contribution is 5.83. The lowest BCUT2D eigenvalue weighted by molar-refractivity contribution is -0.105. The molecule has 3 aromatic heterocycles. The summed E-state index contributed by atoms with van der Waals surface area (Å²) in [4.78, 5) is 19.7. The number of carbonyl (C=O) groups is 1. The van der Waals surface area contributed by atoms with Gasteiger partial charge in [-0.2, -0.15) is 5.10 Å². The van der Waals surface area contributed by atoms with Crippen molar-refractivity contribution in [3.8, 4) is 0 Å². The molecule has 1 atom stereocenters. The monoisotopic (exact) mass is 338 g/mol. The van der Waals surface area contributed by atoms with Gasteiger partial charge in [-0.25, -0.2) is 14.5 Å². The van der Waals surface area contributed by atoms with Crippen LogP contribution in [0, 0.1) is 0 Å². The molecule has 9 nitrogen and oxygen atoms in total. The first-order valence-corrected chi connectivity index (χ1v) is 8.07. The van der Waals surface area contributed by atoms with E-state index in [1.54, 1.807) is 16.9 Å². The smallest absolute Gasteiger partial charge is 0.212 e. The molecule has 4 N–H and O–H groups in total. The summed E-state index contributed by atoms with van der Waals surface area (Å²) >= 11 is 0. The fourth-order valence-electron chi connectivity index (χ4n) is 2.85. The number of amides is 1. The van der Waals surface area contributed by atoms with E-state index in [2.05, 4.69) is 36.3 Å². The van der Waals surface area contributed by atoms with Crippen molar-refractivity contribution < 1.29 is 4.79 Å². The van der Waals surface area contributed by atoms with Crippen LogP contribution in [0.5, 0.6) is 0 Å². The quantitative estimate of drug-likeness (QED) is 0.500. The third-order valence-electron chi connectivity index (χ3n) is 4.06. The van der Waals surface area contributed by atoms with Crippen LogP contribution in [0.25, 0.3) is 5.52 Å². The molecular formula is C16H18N8O. The summed E-state index contributed by atoms with van der Waals surface area (Å²) in [5.74, 6) is 1.48. The third-order valence-corrected chi connectivity index (χ3v) is 4.06. The highest BCUT2D eigenvalue weighted by Crippen LogP contribution is 2.26. The number of nitrogens with zero attached hydrogens (tertiary/aromatic N) is 4. The van der Waals surface area contributed by atoms with Gasteiger partial charge in [0.1, 0.15) is 5.82 Å². The van der Waals surface area contributed by atoms with E-state index in [4.69, 9.17) is 0 Å². The minimum absolute atomic E-state index is 0.323. The Morgan fingerprint density at radius 2 is 2.24 bits per heavy atom. The van der Waals surface area contributed by atoms with Crippen molar-refractivity contribution in [2.75, 3.05) is 29.0 Å². The zero-order valence-electron chi connectivity index (χ0n) is 13.4. The van der Waals surface area contributed by atoms with Crippen LogP contribution in [-0.2, 0) is 4.79 Å². The summed E-state index contributed by atoms with van der Waals surface area (Å²) in [6.07, 6.45) is 6.81. The molecule has 1 fully saturated rings. The molecule has 0 aromatic carbocycles. The molecule has 0 bridgehead atoms. The molecule has 1 aliphatic rings. The molecule has 4 rings (SSSR count). The number of rotatable bonds is 6. The molecule has 1 amide bonds. The Hall–Kier alpha value is -3.20. The second-order valence-corrected chi connectivity index (χ2v) is 5.76. The van der Waals surface area contributed by atoms with Crippen LogP contribution < -0.4 is 21.3 Å². The van der Waals surface area contributed by atoms with Gasteiger partial charge in [-0.3, -0.25) is 4.79 Å². The fraction of sp³-hybridized carbons (Fsp3) is 0.250. The number of pyridine rings is 1. The van der Waals surface area contributed by atoms with Crippen LogP contribution in [0.2, 0.25) is 0 Å². The standard InChI is InChI=1S/C16H18N8O/c25-10-19-15-16(22-12-8-20-24-6-2-1-3-13(12)24)23-14(9-18-15)21-11-4-5-17-7-11/h1-3,6,8-11,17H,4-5,7H2,(H,18,19,25)(H2,21,22,23)/t11-/m1/s1. The molecule has 0 spiro atoms. The Labute approximate surface area is 143 Å². The molecule has 1 saturated heterocycles. The average Bonchev–Trinajstić information content (AvgIpc) is 3.28. The van der Waals surface area contributed by atoms with Gasteiger partial charge in [0.05, 0.1) is 23.6 Å². The van der Waals surface area contributed by atoms with Crippen molar-refractivity contribution in [1.82, 2.24) is 24.9 Å². The number of nitrogens with one attached hydrogen (secondary N) is 4. The van der Waals surface area contributed by atoms with E-state index in [0.717, 1.165) is 30.7 Å². The first-order valence-electron chi connectivity index (χ1n) is 8.07. The minimum atomic E-state index is 0.323. The normalized spacial score (nSPS) is 16.7. The zero-order valence-corrected chi connectivity index (χ0v) is 13.4. The predicted octanol–water partition coefficient (Wildman–Crippen LogP) is 1.21. The van der Waals surface area contributed by atoms with Crippen molar-refractivity contribution in [3.05, 3.63) is 36.8 Å². The molecular weight excluding hydrogens is 320 g/mol. The summed E-state index contributed by atoms with van der Waals surface area (Å²) in [6.45, 7) is 1.89. The molecule has 0 aliphatic carbocycles. The lowest BCUT2D eigenvalue weighted by Crippen LogP contribution is -2.23. The number of aromatic nitrogens is 4. The number of anilines is 4. The molecule has 1 aliphatic heterocycles. The number of fused-ring (bicyclic) bond motifs is 1. The van der Waals surface area contributed by atoms with Gasteiger partial charge in [0.25, 0.3) is 0 Å². The highest BCUT2D eigenvalue weighted by Gasteiger charge is 2.16. The fourth-order valence-corrected chi connectivity index (χ4v) is 2.85. The van der Waals surface area contributed by atoms with Gasteiger partial charge < -0.3 is 21.3 Å². The number of hydrogen-bond donors (Lipinski definition) is 4. The lowest BCUT2D eigenvalue weighted by atomic mass is 10.2. The van der Waals surface area contributed by atoms with Crippen LogP contribution in [0.1, 0.15) is 6.42 Å². The van der Waals surface area contributed by atoms with E-state index < -0.39 is 0 Å². The van der Waals surface area contributed by atoms with E-state index in [-0.39, 0.29) is 0 Å². The average molecular weight is 338 g/mol. The molecule has 0 radical (unpaired) electrons. The predicted molar refractivity (Wildman–Crippen MR) is 95.1 cm³/mol. The van der Waals surface area contributed by atoms with Gasteiger partial charge >= 0.3 is 0 Å². The zero-order chi connectivity index (χ0) is 17.1. The topological polar surface area (TPSA) is 108 Å². The molecule has 9 heteroatoms. The van der Waals surface area contributed by atoms with Crippen molar-refractivity contribution in [2.24, 2.45) is 0 Å². The van der Waals surface area contributed by atoms with E-state index in [1.165, 1.54) is 0 Å². The van der Waals surface area contributed by atoms with Crippen molar-refractivity contribution in [1.29, 1.82) is 0 Å². The minimum Gasteiger partial charge on any atom is -0.365 e. The van der Waals surface area contributed by atoms with Gasteiger partial charge in [0, 0.05) is 18.8 Å². The van der Waals surface area contributed by atoms with Gasteiger partial charge in [0.2, 0.25) is 6.41 Å². The molecule has 128 valence electrons. The maximum Gasteiger partial charge on any atom is 0.212 e. The second kappa shape index (κ2) is 6.73. The third kappa shape index (κ3) is 3.22. The molecule has 0 unspecified atom stereocenters. The summed E-state index contributed by atoms with van der Waals surface area (Å²) < 4.78 is 1.76. The molecule has 3 aromatic rings. The Balaban J connectivity index is 1.64. The number of hydrogen-bond acceptors (Lipinski definition) is 7. The maximum atomic E-state index is 10.9. The van der Waals surface area contributed by atoms with Gasteiger partial charge in [-0.05, 0) is 25.1 Å². The van der Waals surface area contributed by atoms with Crippen molar-refractivity contribution in [3.63, 3.8) is 0 Å². The van der Waals surface area contributed by atoms with E-state index in [0.29, 0.717) is 29.9 Å². The van der Waals surface area contributed by atoms with Gasteiger partial charge in [-0.15, -0.1) is 0 Å². The summed E-state index contributed by atoms with van der Waals surface area (Å²) in [5.41, 5.74) is 1.68. The molecule has 4 heterocycles. The van der Waals surface area contributed by atoms with Crippen LogP contribution in [0.3, 0.4) is 0 Å². The SMILES string of the molecule is O=CNc1ncc(N[C@@H]2CCNC2)nc1Nc1cnn2ccccc12. The van der Waals surface area contributed by atoms with E-state index >= 15 is 0 Å². The van der Waals surface area contributed by atoms with Crippen LogP contribution >= 0.6 is 0 Å². The van der Waals surface area contributed by atoms with Crippen LogP contribution in [-0.4, -0.2) is 45.1 Å². The van der Waals surface area contributed by atoms with E-state index in [1.807, 2.05) is 24.4 Å². The van der Waals surface area contributed by atoms with Crippen molar-refractivity contribution in [2.45, 2.75) is 12.5 Å². The summed E-state index contributed by atoms with van der Waals surface area (Å²) in [5, 5.41) is 16.7. The van der Waals surface area contributed by atoms with Crippen LogP contribution in [0.15, 0.2) is 36.8 Å². The molecule has 0 saturated carbocycles. The Morgan fingerprint density at radius 3 is 3.08 bits per heavy atom. The highest BCUT2D eigenvalue weighted by atomic mass is 16.1. The summed E-state index contributed by atoms with van der Waals surface area (Å²) in [6, 6.07) is 6.11. The second-order valence-electron chi connectivity index (χ2n) is 5.76. The van der Waals surface area contributed by atoms with Crippen molar-refractivity contribution >= 4 is 35.1 Å². The number of carbonyl (C=O) groups excluding carboxylic acids is 1. The summed E-state index contributed by atoms with van der Waals surface area (Å²) in [7, 11) is 0. The maximum absolute atomic E-state index is 10.9. The van der Waals surface area contributed by atoms with Crippen LogP contribution in [0.4, 0.5) is 23.1 Å². The first-order chi connectivity index (χ1) is 12.3. The largest absolute Gasteiger partial charge is 0.365 e. The van der Waals surface area contributed by atoms with Gasteiger partial charge in [-0.1, -0.05) is 6.07 Å². The van der Waals surface area contributed by atoms with E-state index in [9.17, 15) is 4.79 Å². The Kier molecular flexibility index (Phi) is 4.13. The first kappa shape index (κ1) is 15.3. The lowest BCUT2D eigenvalue weighted by Gasteiger charge is -2.14.